The van der Waals surface area contributed by atoms with Crippen molar-refractivity contribution in [2.45, 2.75) is 12.1 Å². The van der Waals surface area contributed by atoms with Crippen LogP contribution in [0.25, 0.3) is 5.82 Å². The molecule has 0 aliphatic carbocycles. The lowest BCUT2D eigenvalue weighted by molar-refractivity contribution is 0.548. The van der Waals surface area contributed by atoms with E-state index in [4.69, 9.17) is 23.8 Å². The number of aromatic nitrogens is 3. The number of hydrogen-bond acceptors (Lipinski definition) is 3. The van der Waals surface area contributed by atoms with Crippen molar-refractivity contribution < 1.29 is 4.39 Å². The largest absolute Gasteiger partial charge is 0.351 e. The maximum atomic E-state index is 13.6. The number of pyridine rings is 2. The first-order chi connectivity index (χ1) is 15.1. The number of benzene rings is 1. The molecule has 154 valence electrons. The highest BCUT2D eigenvalue weighted by atomic mass is 35.5. The van der Waals surface area contributed by atoms with Crippen molar-refractivity contribution in [1.29, 1.82) is 0 Å². The van der Waals surface area contributed by atoms with E-state index in [1.807, 2.05) is 52.1 Å². The van der Waals surface area contributed by atoms with Gasteiger partial charge in [0, 0.05) is 30.0 Å². The zero-order valence-corrected chi connectivity index (χ0v) is 17.8. The summed E-state index contributed by atoms with van der Waals surface area (Å²) in [7, 11) is 0. The lowest BCUT2D eigenvalue weighted by Crippen LogP contribution is -2.30. The van der Waals surface area contributed by atoms with Gasteiger partial charge in [-0.15, -0.1) is 0 Å². The van der Waals surface area contributed by atoms with Gasteiger partial charge in [0.2, 0.25) is 0 Å². The number of thiocarbonyl (C=S) groups is 1. The van der Waals surface area contributed by atoms with Gasteiger partial charge in [0.25, 0.3) is 0 Å². The van der Waals surface area contributed by atoms with Gasteiger partial charge in [-0.25, -0.2) is 9.37 Å². The fourth-order valence-corrected chi connectivity index (χ4v) is 4.35. The molecule has 1 aliphatic rings. The van der Waals surface area contributed by atoms with Gasteiger partial charge in [0.05, 0.1) is 16.8 Å². The summed E-state index contributed by atoms with van der Waals surface area (Å²) in [5.41, 5.74) is 2.61. The number of halogens is 2. The molecule has 1 aromatic carbocycles. The van der Waals surface area contributed by atoms with E-state index >= 15 is 0 Å². The molecule has 1 fully saturated rings. The average molecular weight is 450 g/mol. The lowest BCUT2D eigenvalue weighted by Gasteiger charge is -2.28. The molecular formula is C23H17ClFN5S. The summed E-state index contributed by atoms with van der Waals surface area (Å²) in [5.74, 6) is 0.439. The Balaban J connectivity index is 1.66. The molecule has 8 heteroatoms. The Hall–Kier alpha value is -3.29. The van der Waals surface area contributed by atoms with Gasteiger partial charge in [-0.2, -0.15) is 0 Å². The third kappa shape index (κ3) is 3.66. The molecule has 0 saturated carbocycles. The molecule has 0 radical (unpaired) electrons. The van der Waals surface area contributed by atoms with Crippen LogP contribution in [0.2, 0.25) is 5.02 Å². The fourth-order valence-electron chi connectivity index (χ4n) is 3.89. The van der Waals surface area contributed by atoms with Crippen molar-refractivity contribution >= 4 is 34.6 Å². The van der Waals surface area contributed by atoms with Crippen LogP contribution in [-0.2, 0) is 0 Å². The van der Waals surface area contributed by atoms with Crippen LogP contribution in [0.15, 0.2) is 85.3 Å². The number of nitrogens with one attached hydrogen (secondary N) is 1. The maximum Gasteiger partial charge on any atom is 0.174 e. The number of nitrogens with zero attached hydrogens (tertiary/aromatic N) is 4. The summed E-state index contributed by atoms with van der Waals surface area (Å²) in [6, 6.07) is 19.3. The van der Waals surface area contributed by atoms with E-state index in [0.717, 1.165) is 22.9 Å². The monoisotopic (exact) mass is 449 g/mol. The van der Waals surface area contributed by atoms with Crippen LogP contribution >= 0.6 is 23.8 Å². The SMILES string of the molecule is Fc1ccc(N2C(=S)N[C@H](c3ccccn3)[C@@H]2c2cccn2-c2ccc(Cl)cn2)cc1. The standard InChI is InChI=1S/C23H17ClFN5S/c24-15-6-11-20(27-14-15)29-13-3-5-19(29)22-21(18-4-1-2-12-26-18)28-23(31)30(22)17-9-7-16(25)8-10-17/h1-14,21-22H,(H,28,31)/t21-,22+/m1/s1. The molecule has 4 aromatic rings. The van der Waals surface area contributed by atoms with Gasteiger partial charge in [-0.05, 0) is 72.9 Å². The van der Waals surface area contributed by atoms with Gasteiger partial charge in [0.15, 0.2) is 5.11 Å². The highest BCUT2D eigenvalue weighted by Gasteiger charge is 2.42. The quantitative estimate of drug-likeness (QED) is 0.432. The van der Waals surface area contributed by atoms with E-state index in [1.54, 1.807) is 30.6 Å². The van der Waals surface area contributed by atoms with Gasteiger partial charge >= 0.3 is 0 Å². The van der Waals surface area contributed by atoms with Crippen LogP contribution < -0.4 is 10.2 Å². The first-order valence-corrected chi connectivity index (χ1v) is 10.5. The first kappa shape index (κ1) is 19.7. The zero-order chi connectivity index (χ0) is 21.4. The van der Waals surface area contributed by atoms with Crippen LogP contribution in [0.1, 0.15) is 23.5 Å². The van der Waals surface area contributed by atoms with Gasteiger partial charge in [-0.1, -0.05) is 17.7 Å². The van der Waals surface area contributed by atoms with Crippen molar-refractivity contribution in [3.05, 3.63) is 108 Å². The second-order valence-corrected chi connectivity index (χ2v) is 7.93. The minimum Gasteiger partial charge on any atom is -0.351 e. The minimum absolute atomic E-state index is 0.209. The summed E-state index contributed by atoms with van der Waals surface area (Å²) in [6.07, 6.45) is 5.33. The van der Waals surface area contributed by atoms with Crippen LogP contribution in [0, 0.1) is 5.82 Å². The predicted molar refractivity (Wildman–Crippen MR) is 123 cm³/mol. The van der Waals surface area contributed by atoms with Crippen LogP contribution in [0.5, 0.6) is 0 Å². The highest BCUT2D eigenvalue weighted by Crippen LogP contribution is 2.42. The summed E-state index contributed by atoms with van der Waals surface area (Å²) in [5, 5.41) is 4.52. The van der Waals surface area contributed by atoms with Gasteiger partial charge in [-0.3, -0.25) is 4.98 Å². The van der Waals surface area contributed by atoms with E-state index in [1.165, 1.54) is 12.1 Å². The molecule has 5 rings (SSSR count). The third-order valence-electron chi connectivity index (χ3n) is 5.24. The van der Waals surface area contributed by atoms with Crippen molar-refractivity contribution in [3.63, 3.8) is 0 Å². The van der Waals surface area contributed by atoms with E-state index < -0.39 is 0 Å². The summed E-state index contributed by atoms with van der Waals surface area (Å²) in [6.45, 7) is 0. The number of anilines is 1. The van der Waals surface area contributed by atoms with E-state index in [-0.39, 0.29) is 17.9 Å². The Morgan fingerprint density at radius 3 is 2.52 bits per heavy atom. The molecule has 0 amide bonds. The summed E-state index contributed by atoms with van der Waals surface area (Å²) < 4.78 is 15.6. The van der Waals surface area contributed by atoms with E-state index in [2.05, 4.69) is 15.3 Å². The summed E-state index contributed by atoms with van der Waals surface area (Å²) in [4.78, 5) is 11.0. The van der Waals surface area contributed by atoms with Crippen molar-refractivity contribution in [3.8, 4) is 5.82 Å². The Kier molecular flexibility index (Phi) is 5.13. The molecule has 0 unspecified atom stereocenters. The van der Waals surface area contributed by atoms with Crippen LogP contribution in [-0.4, -0.2) is 19.6 Å². The molecule has 4 heterocycles. The number of hydrogen-bond donors (Lipinski definition) is 1. The van der Waals surface area contributed by atoms with Crippen LogP contribution in [0.4, 0.5) is 10.1 Å². The molecule has 31 heavy (non-hydrogen) atoms. The molecule has 1 aliphatic heterocycles. The lowest BCUT2D eigenvalue weighted by atomic mass is 10.0. The molecule has 1 saturated heterocycles. The minimum atomic E-state index is -0.298. The highest BCUT2D eigenvalue weighted by molar-refractivity contribution is 7.80. The zero-order valence-electron chi connectivity index (χ0n) is 16.2. The molecule has 5 nitrogen and oxygen atoms in total. The van der Waals surface area contributed by atoms with Gasteiger partial charge < -0.3 is 14.8 Å². The molecule has 2 atom stereocenters. The second kappa shape index (κ2) is 8.09. The number of rotatable bonds is 4. The Morgan fingerprint density at radius 1 is 0.968 bits per heavy atom. The topological polar surface area (TPSA) is 46.0 Å². The van der Waals surface area contributed by atoms with Gasteiger partial charge in [0.1, 0.15) is 17.7 Å². The third-order valence-corrected chi connectivity index (χ3v) is 5.78. The Bertz CT molecular complexity index is 1210. The van der Waals surface area contributed by atoms with Crippen LogP contribution in [0.3, 0.4) is 0 Å². The smallest absolute Gasteiger partial charge is 0.174 e. The second-order valence-electron chi connectivity index (χ2n) is 7.11. The van der Waals surface area contributed by atoms with Crippen molar-refractivity contribution in [2.24, 2.45) is 0 Å². The Labute approximate surface area is 189 Å². The van der Waals surface area contributed by atoms with Crippen molar-refractivity contribution in [2.75, 3.05) is 4.90 Å². The normalized spacial score (nSPS) is 18.3. The Morgan fingerprint density at radius 2 is 1.81 bits per heavy atom. The first-order valence-electron chi connectivity index (χ1n) is 9.67. The molecule has 3 aromatic heterocycles. The van der Waals surface area contributed by atoms with E-state index in [9.17, 15) is 4.39 Å². The van der Waals surface area contributed by atoms with E-state index in [0.29, 0.717) is 10.1 Å². The average Bonchev–Trinajstić information content (AvgIpc) is 3.40. The molecule has 1 N–H and O–H groups in total. The molecular weight excluding hydrogens is 433 g/mol. The predicted octanol–water partition coefficient (Wildman–Crippen LogP) is 5.24. The fraction of sp³-hybridized carbons (Fsp3) is 0.0870. The summed E-state index contributed by atoms with van der Waals surface area (Å²) >= 11 is 11.7. The maximum absolute atomic E-state index is 13.6. The molecule has 0 bridgehead atoms. The van der Waals surface area contributed by atoms with Crippen molar-refractivity contribution in [1.82, 2.24) is 19.9 Å². The molecule has 0 spiro atoms.